The van der Waals surface area contributed by atoms with E-state index < -0.39 is 6.10 Å². The van der Waals surface area contributed by atoms with Crippen molar-refractivity contribution in [1.29, 1.82) is 0 Å². The summed E-state index contributed by atoms with van der Waals surface area (Å²) in [5.41, 5.74) is 2.57. The molecule has 1 unspecified atom stereocenters. The fourth-order valence-electron chi connectivity index (χ4n) is 1.96. The summed E-state index contributed by atoms with van der Waals surface area (Å²) in [6, 6.07) is 11.1. The Bertz CT molecular complexity index is 599. The molecule has 0 saturated carbocycles. The van der Waals surface area contributed by atoms with Crippen molar-refractivity contribution in [2.24, 2.45) is 0 Å². The molecule has 4 heteroatoms. The van der Waals surface area contributed by atoms with Crippen LogP contribution >= 0.6 is 27.5 Å². The quantitative estimate of drug-likeness (QED) is 0.890. The van der Waals surface area contributed by atoms with E-state index in [9.17, 15) is 5.11 Å². The topological polar surface area (TPSA) is 29.5 Å². The number of hydrogen-bond acceptors (Lipinski definition) is 2. The lowest BCUT2D eigenvalue weighted by Crippen LogP contribution is -2.03. The summed E-state index contributed by atoms with van der Waals surface area (Å²) < 4.78 is 6.08. The van der Waals surface area contributed by atoms with Crippen molar-refractivity contribution in [3.63, 3.8) is 0 Å². The van der Waals surface area contributed by atoms with Gasteiger partial charge in [-0.15, -0.1) is 0 Å². The van der Waals surface area contributed by atoms with Crippen molar-refractivity contribution in [1.82, 2.24) is 0 Å². The zero-order chi connectivity index (χ0) is 14.0. The molecule has 0 aliphatic heterocycles. The molecular formula is C15H14BrClO2. The minimum Gasteiger partial charge on any atom is -0.496 e. The minimum absolute atomic E-state index is 0.624. The number of halogens is 2. The molecule has 2 nitrogen and oxygen atoms in total. The van der Waals surface area contributed by atoms with E-state index in [-0.39, 0.29) is 0 Å². The zero-order valence-corrected chi connectivity index (χ0v) is 13.0. The predicted molar refractivity (Wildman–Crippen MR) is 80.9 cm³/mol. The second kappa shape index (κ2) is 5.95. The fraction of sp³-hybridized carbons (Fsp3) is 0.200. The van der Waals surface area contributed by atoms with Gasteiger partial charge in [-0.25, -0.2) is 0 Å². The average molecular weight is 342 g/mol. The van der Waals surface area contributed by atoms with Crippen LogP contribution in [-0.4, -0.2) is 12.2 Å². The first-order valence-electron chi connectivity index (χ1n) is 5.80. The normalized spacial score (nSPS) is 12.3. The highest BCUT2D eigenvalue weighted by molar-refractivity contribution is 9.10. The molecule has 100 valence electrons. The number of benzene rings is 2. The van der Waals surface area contributed by atoms with Gasteiger partial charge in [-0.05, 0) is 36.8 Å². The number of ether oxygens (including phenoxy) is 1. The van der Waals surface area contributed by atoms with Gasteiger partial charge < -0.3 is 9.84 Å². The summed E-state index contributed by atoms with van der Waals surface area (Å²) in [6.45, 7) is 1.98. The number of hydrogen-bond donors (Lipinski definition) is 1. The minimum atomic E-state index is -0.763. The first-order valence-corrected chi connectivity index (χ1v) is 6.97. The third-order valence-corrected chi connectivity index (χ3v) is 3.86. The first-order chi connectivity index (χ1) is 9.02. The molecule has 2 rings (SSSR count). The van der Waals surface area contributed by atoms with Crippen LogP contribution in [0.5, 0.6) is 5.75 Å². The Hall–Kier alpha value is -1.03. The van der Waals surface area contributed by atoms with Gasteiger partial charge in [0.1, 0.15) is 11.9 Å². The van der Waals surface area contributed by atoms with E-state index in [1.807, 2.05) is 25.1 Å². The highest BCUT2D eigenvalue weighted by Crippen LogP contribution is 2.35. The van der Waals surface area contributed by atoms with E-state index in [2.05, 4.69) is 15.9 Å². The molecule has 1 atom stereocenters. The molecule has 2 aromatic carbocycles. The van der Waals surface area contributed by atoms with Gasteiger partial charge in [0.2, 0.25) is 0 Å². The summed E-state index contributed by atoms with van der Waals surface area (Å²) in [6.07, 6.45) is -0.763. The summed E-state index contributed by atoms with van der Waals surface area (Å²) in [5, 5.41) is 11.2. The van der Waals surface area contributed by atoms with Crippen LogP contribution in [0.4, 0.5) is 0 Å². The number of rotatable bonds is 3. The lowest BCUT2D eigenvalue weighted by Gasteiger charge is -2.17. The molecule has 0 bridgehead atoms. The van der Waals surface area contributed by atoms with Crippen LogP contribution in [0.25, 0.3) is 0 Å². The molecule has 0 heterocycles. The zero-order valence-electron chi connectivity index (χ0n) is 10.7. The molecule has 0 saturated heterocycles. The van der Waals surface area contributed by atoms with E-state index in [0.717, 1.165) is 21.2 Å². The molecule has 0 amide bonds. The van der Waals surface area contributed by atoms with Gasteiger partial charge in [0.05, 0.1) is 7.11 Å². The third kappa shape index (κ3) is 3.11. The van der Waals surface area contributed by atoms with Crippen molar-refractivity contribution >= 4 is 27.5 Å². The summed E-state index contributed by atoms with van der Waals surface area (Å²) in [4.78, 5) is 0. The van der Waals surface area contributed by atoms with E-state index in [4.69, 9.17) is 16.3 Å². The van der Waals surface area contributed by atoms with Gasteiger partial charge in [0.25, 0.3) is 0 Å². The van der Waals surface area contributed by atoms with Crippen LogP contribution < -0.4 is 4.74 Å². The molecule has 0 aromatic heterocycles. The molecule has 2 aromatic rings. The molecule has 0 fully saturated rings. The third-order valence-electron chi connectivity index (χ3n) is 2.94. The van der Waals surface area contributed by atoms with Crippen LogP contribution in [0.3, 0.4) is 0 Å². The lowest BCUT2D eigenvalue weighted by atomic mass is 9.99. The molecule has 0 radical (unpaired) electrons. The Kier molecular flexibility index (Phi) is 4.50. The fourth-order valence-corrected chi connectivity index (χ4v) is 2.86. The highest BCUT2D eigenvalue weighted by Gasteiger charge is 2.18. The SMILES string of the molecule is COc1ccc(C)cc1C(O)c1ccc(Cl)cc1Br. The molecule has 0 spiro atoms. The Morgan fingerprint density at radius 3 is 2.53 bits per heavy atom. The monoisotopic (exact) mass is 340 g/mol. The summed E-state index contributed by atoms with van der Waals surface area (Å²) in [7, 11) is 1.60. The lowest BCUT2D eigenvalue weighted by molar-refractivity contribution is 0.214. The number of aryl methyl sites for hydroxylation is 1. The summed E-state index contributed by atoms with van der Waals surface area (Å²) >= 11 is 9.34. The maximum absolute atomic E-state index is 10.5. The number of methoxy groups -OCH3 is 1. The van der Waals surface area contributed by atoms with Crippen LogP contribution in [-0.2, 0) is 0 Å². The van der Waals surface area contributed by atoms with Crippen LogP contribution in [0.1, 0.15) is 22.8 Å². The van der Waals surface area contributed by atoms with E-state index in [0.29, 0.717) is 10.8 Å². The van der Waals surface area contributed by atoms with Crippen molar-refractivity contribution in [2.45, 2.75) is 13.0 Å². The van der Waals surface area contributed by atoms with Gasteiger partial charge >= 0.3 is 0 Å². The predicted octanol–water partition coefficient (Wildman–Crippen LogP) is 4.50. The largest absolute Gasteiger partial charge is 0.496 e. The van der Waals surface area contributed by atoms with E-state index in [1.165, 1.54) is 0 Å². The Morgan fingerprint density at radius 2 is 1.89 bits per heavy atom. The van der Waals surface area contributed by atoms with Gasteiger partial charge in [-0.3, -0.25) is 0 Å². The van der Waals surface area contributed by atoms with Crippen LogP contribution in [0.15, 0.2) is 40.9 Å². The average Bonchev–Trinajstić information content (AvgIpc) is 2.38. The highest BCUT2D eigenvalue weighted by atomic mass is 79.9. The smallest absolute Gasteiger partial charge is 0.125 e. The summed E-state index contributed by atoms with van der Waals surface area (Å²) in [5.74, 6) is 0.667. The van der Waals surface area contributed by atoms with Crippen molar-refractivity contribution in [3.05, 3.63) is 62.6 Å². The Balaban J connectivity index is 2.49. The molecular weight excluding hydrogens is 328 g/mol. The number of aliphatic hydroxyl groups excluding tert-OH is 1. The van der Waals surface area contributed by atoms with Crippen LogP contribution in [0.2, 0.25) is 5.02 Å². The first kappa shape index (κ1) is 14.4. The molecule has 19 heavy (non-hydrogen) atoms. The maximum Gasteiger partial charge on any atom is 0.125 e. The van der Waals surface area contributed by atoms with Crippen molar-refractivity contribution in [3.8, 4) is 5.75 Å². The molecule has 1 N–H and O–H groups in total. The molecule has 0 aliphatic carbocycles. The van der Waals surface area contributed by atoms with Gasteiger partial charge in [-0.2, -0.15) is 0 Å². The second-order valence-corrected chi connectivity index (χ2v) is 5.60. The van der Waals surface area contributed by atoms with Gasteiger partial charge in [0.15, 0.2) is 0 Å². The standard InChI is InChI=1S/C15H14BrClO2/c1-9-3-6-14(19-2)12(7-9)15(18)11-5-4-10(17)8-13(11)16/h3-8,15,18H,1-2H3. The Morgan fingerprint density at radius 1 is 1.16 bits per heavy atom. The van der Waals surface area contributed by atoms with Crippen molar-refractivity contribution in [2.75, 3.05) is 7.11 Å². The van der Waals surface area contributed by atoms with E-state index >= 15 is 0 Å². The van der Waals surface area contributed by atoms with Crippen molar-refractivity contribution < 1.29 is 9.84 Å². The Labute approximate surface area is 126 Å². The maximum atomic E-state index is 10.5. The van der Waals surface area contributed by atoms with Gasteiger partial charge in [0, 0.05) is 15.1 Å². The second-order valence-electron chi connectivity index (χ2n) is 4.31. The molecule has 0 aliphatic rings. The van der Waals surface area contributed by atoms with Gasteiger partial charge in [-0.1, -0.05) is 45.2 Å². The number of aliphatic hydroxyl groups is 1. The van der Waals surface area contributed by atoms with Crippen LogP contribution in [0, 0.1) is 6.92 Å². The van der Waals surface area contributed by atoms with E-state index in [1.54, 1.807) is 25.3 Å².